The van der Waals surface area contributed by atoms with Gasteiger partial charge in [0.15, 0.2) is 0 Å². The van der Waals surface area contributed by atoms with E-state index in [9.17, 15) is 13.2 Å². The van der Waals surface area contributed by atoms with E-state index in [4.69, 9.17) is 4.18 Å². The highest BCUT2D eigenvalue weighted by Gasteiger charge is 2.70. The van der Waals surface area contributed by atoms with Gasteiger partial charge in [-0.3, -0.25) is 8.98 Å². The maximum absolute atomic E-state index is 12.9. The summed E-state index contributed by atoms with van der Waals surface area (Å²) < 4.78 is 28.5. The number of carbonyl (C=O) groups is 1. The van der Waals surface area contributed by atoms with Crippen molar-refractivity contribution in [1.29, 1.82) is 0 Å². The standard InChI is InChI=1S/C16H24O4S/c1-9(2)10-6-12-15(3)7-11(10)14(17)16(12,4)8-13(15)20-21(5,18)19/h10-13H,1,6-8H2,2-5H3/t10-,11-,12-,13-,15+,16+/m0/s1. The summed E-state index contributed by atoms with van der Waals surface area (Å²) in [5.74, 6) is 0.719. The Bertz CT molecular complexity index is 622. The maximum atomic E-state index is 12.9. The fourth-order valence-electron chi connectivity index (χ4n) is 5.42. The van der Waals surface area contributed by atoms with E-state index in [-0.39, 0.29) is 29.3 Å². The molecule has 4 nitrogen and oxygen atoms in total. The van der Waals surface area contributed by atoms with Crippen LogP contribution in [0.4, 0.5) is 0 Å². The molecular formula is C16H24O4S. The minimum absolute atomic E-state index is 0.0179. The van der Waals surface area contributed by atoms with Gasteiger partial charge in [0.05, 0.1) is 12.4 Å². The molecule has 0 aliphatic heterocycles. The van der Waals surface area contributed by atoms with E-state index in [1.165, 1.54) is 0 Å². The van der Waals surface area contributed by atoms with Gasteiger partial charge in [0.2, 0.25) is 0 Å². The predicted octanol–water partition coefficient (Wildman–Crippen LogP) is 2.55. The van der Waals surface area contributed by atoms with Crippen LogP contribution in [0.3, 0.4) is 0 Å². The van der Waals surface area contributed by atoms with Crippen LogP contribution in [-0.2, 0) is 19.1 Å². The quantitative estimate of drug-likeness (QED) is 0.593. The van der Waals surface area contributed by atoms with Crippen molar-refractivity contribution in [3.8, 4) is 0 Å². The Kier molecular flexibility index (Phi) is 3.04. The first-order chi connectivity index (χ1) is 9.49. The Hall–Kier alpha value is -0.680. The topological polar surface area (TPSA) is 60.4 Å². The van der Waals surface area contributed by atoms with Gasteiger partial charge in [0, 0.05) is 11.3 Å². The van der Waals surface area contributed by atoms with Crippen molar-refractivity contribution in [3.05, 3.63) is 12.2 Å². The van der Waals surface area contributed by atoms with Crippen molar-refractivity contribution in [2.45, 2.75) is 46.1 Å². The lowest BCUT2D eigenvalue weighted by Gasteiger charge is -2.55. The van der Waals surface area contributed by atoms with Crippen LogP contribution in [0.25, 0.3) is 0 Å². The van der Waals surface area contributed by atoms with Crippen LogP contribution < -0.4 is 0 Å². The second kappa shape index (κ2) is 4.19. The molecule has 4 aliphatic carbocycles. The molecule has 0 aromatic rings. The van der Waals surface area contributed by atoms with Crippen LogP contribution in [0.2, 0.25) is 0 Å². The molecule has 0 N–H and O–H groups in total. The molecule has 4 bridgehead atoms. The largest absolute Gasteiger partial charge is 0.299 e. The number of carbonyl (C=O) groups excluding carboxylic acids is 1. The van der Waals surface area contributed by atoms with E-state index in [1.807, 2.05) is 13.8 Å². The molecule has 4 aliphatic rings. The molecule has 0 aromatic heterocycles. The van der Waals surface area contributed by atoms with E-state index in [1.54, 1.807) is 0 Å². The Balaban J connectivity index is 2.02. The SMILES string of the molecule is C=C(C)[C@@H]1C[C@H]2[C@@]3(C)C[C@@H]1C(=O)[C@]2(C)C[C@@H]3OS(C)(=O)=O. The number of hydrogen-bond donors (Lipinski definition) is 0. The van der Waals surface area contributed by atoms with E-state index in [0.717, 1.165) is 24.7 Å². The fraction of sp³-hybridized carbons (Fsp3) is 0.812. The molecule has 4 saturated carbocycles. The van der Waals surface area contributed by atoms with Gasteiger partial charge in [-0.2, -0.15) is 8.42 Å². The molecule has 118 valence electrons. The highest BCUT2D eigenvalue weighted by atomic mass is 32.2. The summed E-state index contributed by atoms with van der Waals surface area (Å²) in [6.07, 6.45) is 2.91. The number of allylic oxidation sites excluding steroid dienone is 1. The maximum Gasteiger partial charge on any atom is 0.264 e. The molecule has 0 saturated heterocycles. The average molecular weight is 312 g/mol. The number of Topliss-reactive ketones (excluding diaryl/α,β-unsaturated/α-hetero) is 1. The van der Waals surface area contributed by atoms with Gasteiger partial charge in [-0.1, -0.05) is 26.0 Å². The zero-order chi connectivity index (χ0) is 15.8. The summed E-state index contributed by atoms with van der Waals surface area (Å²) in [5, 5.41) is 0. The lowest BCUT2D eigenvalue weighted by atomic mass is 9.47. The third-order valence-corrected chi connectivity index (χ3v) is 6.95. The van der Waals surface area contributed by atoms with Gasteiger partial charge >= 0.3 is 0 Å². The van der Waals surface area contributed by atoms with Crippen LogP contribution in [0.1, 0.15) is 40.0 Å². The van der Waals surface area contributed by atoms with Crippen molar-refractivity contribution in [3.63, 3.8) is 0 Å². The molecule has 0 heterocycles. The van der Waals surface area contributed by atoms with Gasteiger partial charge < -0.3 is 0 Å². The molecule has 5 heteroatoms. The summed E-state index contributed by atoms with van der Waals surface area (Å²) in [4.78, 5) is 12.9. The number of rotatable bonds is 3. The van der Waals surface area contributed by atoms with Crippen molar-refractivity contribution >= 4 is 15.9 Å². The Morgan fingerprint density at radius 3 is 2.48 bits per heavy atom. The molecule has 0 radical (unpaired) electrons. The van der Waals surface area contributed by atoms with Crippen LogP contribution in [0, 0.1) is 28.6 Å². The first-order valence-electron chi connectivity index (χ1n) is 7.57. The second-order valence-corrected chi connectivity index (χ2v) is 9.43. The predicted molar refractivity (Wildman–Crippen MR) is 80.1 cm³/mol. The first-order valence-corrected chi connectivity index (χ1v) is 9.38. The molecule has 6 atom stereocenters. The average Bonchev–Trinajstić information content (AvgIpc) is 2.49. The van der Waals surface area contributed by atoms with Gasteiger partial charge in [0.1, 0.15) is 5.78 Å². The lowest BCUT2D eigenvalue weighted by molar-refractivity contribution is -0.154. The minimum atomic E-state index is -3.50. The molecule has 21 heavy (non-hydrogen) atoms. The highest BCUT2D eigenvalue weighted by molar-refractivity contribution is 7.86. The number of hydrogen-bond acceptors (Lipinski definition) is 4. The van der Waals surface area contributed by atoms with E-state index < -0.39 is 15.5 Å². The molecule has 0 amide bonds. The van der Waals surface area contributed by atoms with Crippen molar-refractivity contribution in [1.82, 2.24) is 0 Å². The number of ketones is 1. The molecule has 0 unspecified atom stereocenters. The van der Waals surface area contributed by atoms with Crippen molar-refractivity contribution < 1.29 is 17.4 Å². The molecule has 0 spiro atoms. The normalized spacial score (nSPS) is 48.7. The molecule has 0 aromatic carbocycles. The third kappa shape index (κ3) is 1.96. The monoisotopic (exact) mass is 312 g/mol. The summed E-state index contributed by atoms with van der Waals surface area (Å²) in [6.45, 7) is 10.2. The molecule has 4 fully saturated rings. The molecular weight excluding hydrogens is 288 g/mol. The lowest BCUT2D eigenvalue weighted by Crippen LogP contribution is -2.56. The second-order valence-electron chi connectivity index (χ2n) is 7.83. The van der Waals surface area contributed by atoms with E-state index in [2.05, 4.69) is 13.5 Å². The Labute approximate surface area is 127 Å². The summed E-state index contributed by atoms with van der Waals surface area (Å²) in [7, 11) is -3.50. The van der Waals surface area contributed by atoms with Gasteiger partial charge in [-0.15, -0.1) is 0 Å². The summed E-state index contributed by atoms with van der Waals surface area (Å²) in [5.41, 5.74) is 0.423. The van der Waals surface area contributed by atoms with Gasteiger partial charge in [0.25, 0.3) is 10.1 Å². The zero-order valence-corrected chi connectivity index (χ0v) is 14.0. The van der Waals surface area contributed by atoms with E-state index >= 15 is 0 Å². The molecule has 4 rings (SSSR count). The Morgan fingerprint density at radius 2 is 1.95 bits per heavy atom. The van der Waals surface area contributed by atoms with Gasteiger partial charge in [-0.05, 0) is 43.4 Å². The van der Waals surface area contributed by atoms with Crippen LogP contribution in [0.15, 0.2) is 12.2 Å². The van der Waals surface area contributed by atoms with Crippen molar-refractivity contribution in [2.75, 3.05) is 6.26 Å². The number of fused-ring (bicyclic) bond motifs is 1. The van der Waals surface area contributed by atoms with Crippen LogP contribution in [0.5, 0.6) is 0 Å². The van der Waals surface area contributed by atoms with Crippen LogP contribution >= 0.6 is 0 Å². The fourth-order valence-corrected chi connectivity index (χ4v) is 6.13. The zero-order valence-electron chi connectivity index (χ0n) is 13.2. The van der Waals surface area contributed by atoms with E-state index in [0.29, 0.717) is 12.2 Å². The third-order valence-electron chi connectivity index (χ3n) is 6.37. The Morgan fingerprint density at radius 1 is 1.33 bits per heavy atom. The minimum Gasteiger partial charge on any atom is -0.299 e. The van der Waals surface area contributed by atoms with Crippen LogP contribution in [-0.4, -0.2) is 26.6 Å². The first kappa shape index (κ1) is 15.2. The highest BCUT2D eigenvalue weighted by Crippen LogP contribution is 2.70. The van der Waals surface area contributed by atoms with Crippen molar-refractivity contribution in [2.24, 2.45) is 28.6 Å². The summed E-state index contributed by atoms with van der Waals surface area (Å²) in [6, 6.07) is 0. The summed E-state index contributed by atoms with van der Waals surface area (Å²) >= 11 is 0. The van der Waals surface area contributed by atoms with Gasteiger partial charge in [-0.25, -0.2) is 0 Å². The smallest absolute Gasteiger partial charge is 0.264 e.